The van der Waals surface area contributed by atoms with Crippen LogP contribution in [-0.4, -0.2) is 41.2 Å². The van der Waals surface area contributed by atoms with Crippen LogP contribution in [-0.2, 0) is 13.0 Å². The summed E-state index contributed by atoms with van der Waals surface area (Å²) in [6, 6.07) is 15.6. The molecule has 2 aromatic rings. The van der Waals surface area contributed by atoms with Gasteiger partial charge in [-0.3, -0.25) is 9.59 Å². The number of likely N-dealkylation sites (tertiary alicyclic amines) is 1. The zero-order valence-electron chi connectivity index (χ0n) is 15.7. The maximum atomic E-state index is 13.0. The molecule has 1 saturated heterocycles. The molecule has 0 N–H and O–H groups in total. The summed E-state index contributed by atoms with van der Waals surface area (Å²) < 4.78 is 0. The van der Waals surface area contributed by atoms with Crippen molar-refractivity contribution in [3.63, 3.8) is 0 Å². The van der Waals surface area contributed by atoms with Gasteiger partial charge in [0.2, 0.25) is 0 Å². The molecule has 1 fully saturated rings. The van der Waals surface area contributed by atoms with Crippen LogP contribution in [0.2, 0.25) is 0 Å². The molecule has 2 heterocycles. The second kappa shape index (κ2) is 7.95. The van der Waals surface area contributed by atoms with Crippen LogP contribution in [0.1, 0.15) is 57.5 Å². The summed E-state index contributed by atoms with van der Waals surface area (Å²) in [4.78, 5) is 29.7. The first kappa shape index (κ1) is 17.8. The number of amides is 2. The summed E-state index contributed by atoms with van der Waals surface area (Å²) in [6.07, 6.45) is 5.40. The van der Waals surface area contributed by atoms with Crippen molar-refractivity contribution in [2.75, 3.05) is 19.6 Å². The van der Waals surface area contributed by atoms with Crippen LogP contribution < -0.4 is 0 Å². The fraction of sp³-hybridized carbons (Fsp3) is 0.391. The Morgan fingerprint density at radius 3 is 2.00 bits per heavy atom. The highest BCUT2D eigenvalue weighted by atomic mass is 16.2. The minimum absolute atomic E-state index is 0.00928. The smallest absolute Gasteiger partial charge is 0.254 e. The maximum Gasteiger partial charge on any atom is 0.254 e. The maximum absolute atomic E-state index is 13.0. The van der Waals surface area contributed by atoms with Crippen molar-refractivity contribution in [2.24, 2.45) is 0 Å². The largest absolute Gasteiger partial charge is 0.339 e. The summed E-state index contributed by atoms with van der Waals surface area (Å²) in [5.41, 5.74) is 3.77. The molecule has 2 amide bonds. The first-order valence-corrected chi connectivity index (χ1v) is 9.98. The lowest BCUT2D eigenvalue weighted by Crippen LogP contribution is -2.36. The zero-order valence-corrected chi connectivity index (χ0v) is 15.7. The molecule has 0 aliphatic carbocycles. The fourth-order valence-corrected chi connectivity index (χ4v) is 4.09. The molecule has 0 radical (unpaired) electrons. The van der Waals surface area contributed by atoms with Gasteiger partial charge < -0.3 is 9.80 Å². The molecule has 2 aliphatic heterocycles. The standard InChI is InChI=1S/C23H26N2O2/c26-22(24-13-5-1-2-6-14-24)19-10-7-11-20(16-19)23(27)25-15-12-18-8-3-4-9-21(18)17-25/h3-4,7-11,16H,1-2,5-6,12-15,17H2. The van der Waals surface area contributed by atoms with Gasteiger partial charge in [0.1, 0.15) is 0 Å². The van der Waals surface area contributed by atoms with E-state index in [1.54, 1.807) is 6.07 Å². The van der Waals surface area contributed by atoms with Gasteiger partial charge in [-0.1, -0.05) is 43.2 Å². The van der Waals surface area contributed by atoms with E-state index in [0.717, 1.165) is 38.9 Å². The van der Waals surface area contributed by atoms with Crippen molar-refractivity contribution in [1.82, 2.24) is 9.80 Å². The number of carbonyl (C=O) groups excluding carboxylic acids is 2. The Morgan fingerprint density at radius 2 is 1.30 bits per heavy atom. The summed E-state index contributed by atoms with van der Waals surface area (Å²) in [5.74, 6) is 0.0607. The van der Waals surface area contributed by atoms with Crippen molar-refractivity contribution < 1.29 is 9.59 Å². The van der Waals surface area contributed by atoms with E-state index < -0.39 is 0 Å². The molecular weight excluding hydrogens is 336 g/mol. The molecule has 0 spiro atoms. The van der Waals surface area contributed by atoms with Gasteiger partial charge in [-0.05, 0) is 48.6 Å². The Balaban J connectivity index is 1.50. The lowest BCUT2D eigenvalue weighted by atomic mass is 9.99. The molecule has 0 unspecified atom stereocenters. The average molecular weight is 362 g/mol. The Labute approximate surface area is 160 Å². The monoisotopic (exact) mass is 362 g/mol. The van der Waals surface area contributed by atoms with Crippen LogP contribution in [0, 0.1) is 0 Å². The van der Waals surface area contributed by atoms with Gasteiger partial charge in [0, 0.05) is 37.3 Å². The predicted molar refractivity (Wildman–Crippen MR) is 106 cm³/mol. The molecule has 27 heavy (non-hydrogen) atoms. The van der Waals surface area contributed by atoms with E-state index in [9.17, 15) is 9.59 Å². The number of nitrogens with zero attached hydrogens (tertiary/aromatic N) is 2. The fourth-order valence-electron chi connectivity index (χ4n) is 4.09. The van der Waals surface area contributed by atoms with E-state index in [2.05, 4.69) is 12.1 Å². The molecule has 0 atom stereocenters. The molecule has 4 rings (SSSR count). The van der Waals surface area contributed by atoms with Crippen LogP contribution in [0.4, 0.5) is 0 Å². The van der Waals surface area contributed by atoms with Crippen molar-refractivity contribution >= 4 is 11.8 Å². The van der Waals surface area contributed by atoms with Crippen LogP contribution in [0.5, 0.6) is 0 Å². The third-order valence-corrected chi connectivity index (χ3v) is 5.67. The quantitative estimate of drug-likeness (QED) is 0.813. The van der Waals surface area contributed by atoms with Gasteiger partial charge >= 0.3 is 0 Å². The Bertz CT molecular complexity index is 838. The van der Waals surface area contributed by atoms with Gasteiger partial charge in [-0.25, -0.2) is 0 Å². The van der Waals surface area contributed by atoms with E-state index in [1.807, 2.05) is 40.1 Å². The number of fused-ring (bicyclic) bond motifs is 1. The van der Waals surface area contributed by atoms with E-state index in [-0.39, 0.29) is 11.8 Å². The minimum Gasteiger partial charge on any atom is -0.339 e. The Morgan fingerprint density at radius 1 is 0.667 bits per heavy atom. The molecular formula is C23H26N2O2. The molecule has 2 aliphatic rings. The average Bonchev–Trinajstić information content (AvgIpc) is 3.02. The summed E-state index contributed by atoms with van der Waals surface area (Å²) >= 11 is 0. The van der Waals surface area contributed by atoms with Gasteiger partial charge in [0.05, 0.1) is 0 Å². The number of hydrogen-bond donors (Lipinski definition) is 0. The molecule has 4 nitrogen and oxygen atoms in total. The lowest BCUT2D eigenvalue weighted by Gasteiger charge is -2.29. The third kappa shape index (κ3) is 3.90. The highest BCUT2D eigenvalue weighted by Gasteiger charge is 2.23. The van der Waals surface area contributed by atoms with Crippen molar-refractivity contribution in [2.45, 2.75) is 38.6 Å². The molecule has 140 valence electrons. The number of rotatable bonds is 2. The van der Waals surface area contributed by atoms with E-state index in [1.165, 1.54) is 24.0 Å². The molecule has 2 aromatic carbocycles. The van der Waals surface area contributed by atoms with E-state index >= 15 is 0 Å². The highest BCUT2D eigenvalue weighted by molar-refractivity contribution is 5.99. The van der Waals surface area contributed by atoms with Crippen molar-refractivity contribution in [3.8, 4) is 0 Å². The third-order valence-electron chi connectivity index (χ3n) is 5.67. The van der Waals surface area contributed by atoms with Crippen LogP contribution in [0.25, 0.3) is 0 Å². The minimum atomic E-state index is 0.00928. The summed E-state index contributed by atoms with van der Waals surface area (Å²) in [6.45, 7) is 3.00. The second-order valence-corrected chi connectivity index (χ2v) is 7.53. The van der Waals surface area contributed by atoms with Gasteiger partial charge in [-0.2, -0.15) is 0 Å². The van der Waals surface area contributed by atoms with Crippen LogP contribution in [0.15, 0.2) is 48.5 Å². The predicted octanol–water partition coefficient (Wildman–Crippen LogP) is 3.90. The van der Waals surface area contributed by atoms with Crippen molar-refractivity contribution in [1.29, 1.82) is 0 Å². The SMILES string of the molecule is O=C(c1cccc(C(=O)N2CCc3ccccc3C2)c1)N1CCCCCC1. The second-order valence-electron chi connectivity index (χ2n) is 7.53. The normalized spacial score (nSPS) is 17.2. The summed E-state index contributed by atoms with van der Waals surface area (Å²) in [5, 5.41) is 0. The van der Waals surface area contributed by atoms with E-state index in [4.69, 9.17) is 0 Å². The number of carbonyl (C=O) groups is 2. The number of hydrogen-bond acceptors (Lipinski definition) is 2. The Hall–Kier alpha value is -2.62. The highest BCUT2D eigenvalue weighted by Crippen LogP contribution is 2.21. The molecule has 0 saturated carbocycles. The van der Waals surface area contributed by atoms with Crippen LogP contribution >= 0.6 is 0 Å². The zero-order chi connectivity index (χ0) is 18.6. The van der Waals surface area contributed by atoms with Gasteiger partial charge in [0.25, 0.3) is 11.8 Å². The molecule has 4 heteroatoms. The lowest BCUT2D eigenvalue weighted by molar-refractivity contribution is 0.0734. The molecule has 0 bridgehead atoms. The van der Waals surface area contributed by atoms with E-state index in [0.29, 0.717) is 17.7 Å². The molecule has 0 aromatic heterocycles. The summed E-state index contributed by atoms with van der Waals surface area (Å²) in [7, 11) is 0. The Kier molecular flexibility index (Phi) is 5.23. The van der Waals surface area contributed by atoms with Gasteiger partial charge in [0.15, 0.2) is 0 Å². The first-order valence-electron chi connectivity index (χ1n) is 9.98. The number of benzene rings is 2. The topological polar surface area (TPSA) is 40.6 Å². The van der Waals surface area contributed by atoms with Crippen molar-refractivity contribution in [3.05, 3.63) is 70.8 Å². The van der Waals surface area contributed by atoms with Crippen LogP contribution in [0.3, 0.4) is 0 Å². The van der Waals surface area contributed by atoms with Gasteiger partial charge in [-0.15, -0.1) is 0 Å². The first-order chi connectivity index (χ1) is 13.2.